The van der Waals surface area contributed by atoms with Crippen LogP contribution < -0.4 is 4.90 Å². The average molecular weight is 491 g/mol. The van der Waals surface area contributed by atoms with Crippen molar-refractivity contribution in [3.8, 4) is 0 Å². The van der Waals surface area contributed by atoms with E-state index >= 15 is 0 Å². The van der Waals surface area contributed by atoms with Gasteiger partial charge in [-0.05, 0) is 69.3 Å². The molecular formula is C23H26N2O4S3. The van der Waals surface area contributed by atoms with Crippen LogP contribution in [-0.2, 0) is 14.6 Å². The van der Waals surface area contributed by atoms with Crippen molar-refractivity contribution in [2.45, 2.75) is 47.8 Å². The minimum Gasteiger partial charge on any atom is -0.376 e. The second-order valence-corrected chi connectivity index (χ2v) is 12.3. The highest BCUT2D eigenvalue weighted by Gasteiger charge is 2.28. The average Bonchev–Trinajstić information content (AvgIpc) is 3.46. The highest BCUT2D eigenvalue weighted by Crippen LogP contribution is 2.35. The molecule has 32 heavy (non-hydrogen) atoms. The Morgan fingerprint density at radius 2 is 2.00 bits per heavy atom. The number of hydrogen-bond acceptors (Lipinski definition) is 7. The number of anilines is 1. The van der Waals surface area contributed by atoms with Crippen molar-refractivity contribution < 1.29 is 17.9 Å². The zero-order valence-corrected chi connectivity index (χ0v) is 20.7. The molecule has 1 unspecified atom stereocenters. The van der Waals surface area contributed by atoms with Crippen LogP contribution in [0.3, 0.4) is 0 Å². The Labute approximate surface area is 196 Å². The molecule has 3 aromatic rings. The number of para-hydroxylation sites is 1. The van der Waals surface area contributed by atoms with Gasteiger partial charge < -0.3 is 4.74 Å². The monoisotopic (exact) mass is 490 g/mol. The van der Waals surface area contributed by atoms with Gasteiger partial charge >= 0.3 is 0 Å². The standard InChI is InChI=1S/C23H26N2O4S3/c1-15(2)32(27,28)18-11-9-16(10-12-18)22(26)25(14-17-6-5-13-29-17)23-24-21-19(30-3)7-4-8-20(21)31-23/h4,7-12,15,17H,5-6,13-14H2,1-3H3. The lowest BCUT2D eigenvalue weighted by molar-refractivity contribution is 0.0917. The van der Waals surface area contributed by atoms with Crippen molar-refractivity contribution >= 4 is 54.2 Å². The topological polar surface area (TPSA) is 76.6 Å². The van der Waals surface area contributed by atoms with Crippen LogP contribution in [0.25, 0.3) is 10.2 Å². The van der Waals surface area contributed by atoms with E-state index in [2.05, 4.69) is 0 Å². The summed E-state index contributed by atoms with van der Waals surface area (Å²) in [5.41, 5.74) is 1.32. The molecule has 4 rings (SSSR count). The maximum absolute atomic E-state index is 13.5. The minimum absolute atomic E-state index is 0.0356. The van der Waals surface area contributed by atoms with E-state index in [0.717, 1.165) is 28.0 Å². The number of thioether (sulfide) groups is 1. The summed E-state index contributed by atoms with van der Waals surface area (Å²) in [6, 6.07) is 12.2. The predicted molar refractivity (Wildman–Crippen MR) is 131 cm³/mol. The van der Waals surface area contributed by atoms with Crippen molar-refractivity contribution in [2.24, 2.45) is 0 Å². The third-order valence-electron chi connectivity index (χ3n) is 5.53. The molecule has 0 N–H and O–H groups in total. The molecule has 2 heterocycles. The van der Waals surface area contributed by atoms with Crippen LogP contribution in [0.5, 0.6) is 0 Å². The van der Waals surface area contributed by atoms with Gasteiger partial charge in [-0.2, -0.15) is 0 Å². The lowest BCUT2D eigenvalue weighted by Gasteiger charge is -2.23. The second kappa shape index (κ2) is 9.51. The quantitative estimate of drug-likeness (QED) is 0.433. The van der Waals surface area contributed by atoms with Crippen molar-refractivity contribution in [2.75, 3.05) is 24.3 Å². The summed E-state index contributed by atoms with van der Waals surface area (Å²) >= 11 is 3.11. The number of ether oxygens (including phenoxy) is 1. The number of aromatic nitrogens is 1. The van der Waals surface area contributed by atoms with Crippen LogP contribution in [-0.4, -0.2) is 50.1 Å². The molecule has 1 saturated heterocycles. The zero-order chi connectivity index (χ0) is 22.9. The van der Waals surface area contributed by atoms with E-state index in [1.165, 1.54) is 23.5 Å². The normalized spacial score (nSPS) is 16.7. The first-order chi connectivity index (χ1) is 15.3. The summed E-state index contributed by atoms with van der Waals surface area (Å²) in [6.45, 7) is 4.41. The minimum atomic E-state index is -3.39. The number of sulfone groups is 1. The summed E-state index contributed by atoms with van der Waals surface area (Å²) in [5, 5.41) is 0.106. The molecule has 1 amide bonds. The van der Waals surface area contributed by atoms with E-state index in [4.69, 9.17) is 9.72 Å². The van der Waals surface area contributed by atoms with Crippen molar-refractivity contribution in [3.05, 3.63) is 48.0 Å². The van der Waals surface area contributed by atoms with E-state index < -0.39 is 15.1 Å². The van der Waals surface area contributed by atoms with Gasteiger partial charge in [0.25, 0.3) is 5.91 Å². The third kappa shape index (κ3) is 4.57. The summed E-state index contributed by atoms with van der Waals surface area (Å²) in [6.07, 6.45) is 3.85. The number of thiazole rings is 1. The van der Waals surface area contributed by atoms with E-state index in [1.807, 2.05) is 24.5 Å². The Morgan fingerprint density at radius 3 is 2.62 bits per heavy atom. The van der Waals surface area contributed by atoms with Gasteiger partial charge in [0.1, 0.15) is 0 Å². The van der Waals surface area contributed by atoms with Gasteiger partial charge in [-0.15, -0.1) is 11.8 Å². The molecule has 1 aromatic heterocycles. The van der Waals surface area contributed by atoms with Gasteiger partial charge in [-0.1, -0.05) is 17.4 Å². The largest absolute Gasteiger partial charge is 0.376 e. The smallest absolute Gasteiger partial charge is 0.260 e. The maximum atomic E-state index is 13.5. The van der Waals surface area contributed by atoms with Crippen molar-refractivity contribution in [3.63, 3.8) is 0 Å². The molecule has 0 bridgehead atoms. The molecule has 0 spiro atoms. The molecule has 1 aliphatic heterocycles. The number of amides is 1. The fourth-order valence-electron chi connectivity index (χ4n) is 3.65. The Bertz CT molecular complexity index is 1210. The summed E-state index contributed by atoms with van der Waals surface area (Å²) in [4.78, 5) is 21.3. The Balaban J connectivity index is 1.70. The van der Waals surface area contributed by atoms with Crippen molar-refractivity contribution in [1.82, 2.24) is 4.98 Å². The maximum Gasteiger partial charge on any atom is 0.260 e. The van der Waals surface area contributed by atoms with Gasteiger partial charge in [0.05, 0.1) is 33.0 Å². The lowest BCUT2D eigenvalue weighted by Crippen LogP contribution is -2.37. The molecule has 2 aromatic carbocycles. The molecule has 170 valence electrons. The van der Waals surface area contributed by atoms with Crippen LogP contribution in [0.1, 0.15) is 37.0 Å². The van der Waals surface area contributed by atoms with Gasteiger partial charge in [0.15, 0.2) is 15.0 Å². The number of carbonyl (C=O) groups is 1. The number of nitrogens with zero attached hydrogens (tertiary/aromatic N) is 2. The molecule has 9 heteroatoms. The first kappa shape index (κ1) is 23.2. The summed E-state index contributed by atoms with van der Waals surface area (Å²) in [7, 11) is -3.39. The fraction of sp³-hybridized carbons (Fsp3) is 0.391. The highest BCUT2D eigenvalue weighted by atomic mass is 32.2. The lowest BCUT2D eigenvalue weighted by atomic mass is 10.2. The SMILES string of the molecule is CSc1cccc2sc(N(CC3CCCO3)C(=O)c3ccc(S(=O)(=O)C(C)C)cc3)nc12. The van der Waals surface area contributed by atoms with Gasteiger partial charge in [0, 0.05) is 17.1 Å². The fourth-order valence-corrected chi connectivity index (χ4v) is 6.33. The van der Waals surface area contributed by atoms with Gasteiger partial charge in [0.2, 0.25) is 0 Å². The van der Waals surface area contributed by atoms with E-state index in [1.54, 1.807) is 42.6 Å². The Kier molecular flexibility index (Phi) is 6.90. The van der Waals surface area contributed by atoms with Crippen LogP contribution in [0.15, 0.2) is 52.3 Å². The van der Waals surface area contributed by atoms with Crippen molar-refractivity contribution in [1.29, 1.82) is 0 Å². The van der Waals surface area contributed by atoms with Crippen LogP contribution in [0.2, 0.25) is 0 Å². The Hall–Kier alpha value is -1.94. The summed E-state index contributed by atoms with van der Waals surface area (Å²) in [5.74, 6) is -0.209. The molecule has 0 radical (unpaired) electrons. The number of rotatable bonds is 7. The number of benzene rings is 2. The molecule has 0 saturated carbocycles. The van der Waals surface area contributed by atoms with E-state index in [9.17, 15) is 13.2 Å². The van der Waals surface area contributed by atoms with Gasteiger partial charge in [-0.3, -0.25) is 9.69 Å². The number of hydrogen-bond donors (Lipinski definition) is 0. The molecule has 1 fully saturated rings. The molecule has 1 aliphatic rings. The van der Waals surface area contributed by atoms with Crippen LogP contribution in [0, 0.1) is 0 Å². The van der Waals surface area contributed by atoms with Gasteiger partial charge in [-0.25, -0.2) is 13.4 Å². The second-order valence-electron chi connectivity index (χ2n) is 7.97. The number of fused-ring (bicyclic) bond motifs is 1. The zero-order valence-electron chi connectivity index (χ0n) is 18.3. The van der Waals surface area contributed by atoms with E-state index in [0.29, 0.717) is 23.8 Å². The predicted octanol–water partition coefficient (Wildman–Crippen LogP) is 5.03. The first-order valence-corrected chi connectivity index (χ1v) is 14.1. The Morgan fingerprint density at radius 1 is 1.25 bits per heavy atom. The molecule has 1 atom stereocenters. The van der Waals surface area contributed by atoms with Crippen LogP contribution >= 0.6 is 23.1 Å². The summed E-state index contributed by atoms with van der Waals surface area (Å²) < 4.78 is 31.7. The molecule has 0 aliphatic carbocycles. The number of carbonyl (C=O) groups excluding carboxylic acids is 1. The molecular weight excluding hydrogens is 464 g/mol. The van der Waals surface area contributed by atoms with Crippen LogP contribution in [0.4, 0.5) is 5.13 Å². The highest BCUT2D eigenvalue weighted by molar-refractivity contribution is 7.98. The third-order valence-corrected chi connectivity index (χ3v) is 9.51. The van der Waals surface area contributed by atoms with E-state index in [-0.39, 0.29) is 16.9 Å². The first-order valence-electron chi connectivity index (χ1n) is 10.5. The molecule has 6 nitrogen and oxygen atoms in total.